The molecule has 2 aromatic rings. The summed E-state index contributed by atoms with van der Waals surface area (Å²) in [7, 11) is 1.53. The van der Waals surface area contributed by atoms with Crippen molar-refractivity contribution >= 4 is 5.91 Å². The van der Waals surface area contributed by atoms with E-state index in [2.05, 4.69) is 5.10 Å². The Hall–Kier alpha value is -2.58. The van der Waals surface area contributed by atoms with Crippen molar-refractivity contribution in [2.24, 2.45) is 0 Å². The Morgan fingerprint density at radius 2 is 2.19 bits per heavy atom. The Morgan fingerprint density at radius 3 is 2.93 bits per heavy atom. The van der Waals surface area contributed by atoms with Gasteiger partial charge in [-0.15, -0.1) is 0 Å². The minimum absolute atomic E-state index is 0.178. The minimum Gasteiger partial charge on any atom is -0.383 e. The first-order chi connectivity index (χ1) is 13.0. The van der Waals surface area contributed by atoms with E-state index >= 15 is 0 Å². The smallest absolute Gasteiger partial charge is 0.274 e. The number of hydrogen-bond donors (Lipinski definition) is 0. The molecule has 0 radical (unpaired) electrons. The molecule has 2 atom stereocenters. The number of amides is 1. The normalized spacial score (nSPS) is 19.9. The van der Waals surface area contributed by atoms with E-state index in [4.69, 9.17) is 9.47 Å². The molecule has 0 spiro atoms. The number of aromatic nitrogens is 2. The average molecular weight is 375 g/mol. The standard InChI is InChI=1S/C19H22FN3O4/c1-13-18(14-4-3-5-15(20)12-14)27-11-8-22(13)19(25)16-6-7-17(24)23(21-16)9-10-26-2/h3-7,12-13,18H,8-11H2,1-2H3/t13-,18+/m1/s1. The highest BCUT2D eigenvalue weighted by Crippen LogP contribution is 2.29. The largest absolute Gasteiger partial charge is 0.383 e. The van der Waals surface area contributed by atoms with Crippen molar-refractivity contribution in [1.82, 2.24) is 14.7 Å². The van der Waals surface area contributed by atoms with Crippen molar-refractivity contribution in [2.75, 3.05) is 26.9 Å². The average Bonchev–Trinajstić information content (AvgIpc) is 2.67. The predicted octanol–water partition coefficient (Wildman–Crippen LogP) is 1.63. The topological polar surface area (TPSA) is 73.7 Å². The van der Waals surface area contributed by atoms with Crippen molar-refractivity contribution in [3.63, 3.8) is 0 Å². The SMILES string of the molecule is COCCn1nc(C(=O)N2CCO[C@H](c3cccc(F)c3)[C@H]2C)ccc1=O. The molecule has 0 N–H and O–H groups in total. The summed E-state index contributed by atoms with van der Waals surface area (Å²) in [5, 5.41) is 4.16. The molecule has 8 heteroatoms. The van der Waals surface area contributed by atoms with Crippen LogP contribution in [-0.2, 0) is 16.0 Å². The molecule has 1 aromatic carbocycles. The zero-order valence-corrected chi connectivity index (χ0v) is 15.3. The van der Waals surface area contributed by atoms with Gasteiger partial charge in [0, 0.05) is 19.7 Å². The van der Waals surface area contributed by atoms with Gasteiger partial charge in [0.25, 0.3) is 11.5 Å². The van der Waals surface area contributed by atoms with E-state index in [0.717, 1.165) is 0 Å². The fourth-order valence-electron chi connectivity index (χ4n) is 3.18. The Balaban J connectivity index is 1.83. The van der Waals surface area contributed by atoms with Crippen molar-refractivity contribution < 1.29 is 18.7 Å². The fraction of sp³-hybridized carbons (Fsp3) is 0.421. The highest BCUT2D eigenvalue weighted by Gasteiger charge is 2.34. The maximum Gasteiger partial charge on any atom is 0.274 e. The van der Waals surface area contributed by atoms with E-state index in [-0.39, 0.29) is 35.6 Å². The molecular formula is C19H22FN3O4. The number of halogens is 1. The summed E-state index contributed by atoms with van der Waals surface area (Å²) < 4.78 is 25.5. The lowest BCUT2D eigenvalue weighted by Gasteiger charge is -2.39. The number of ether oxygens (including phenoxy) is 2. The Bertz CT molecular complexity index is 870. The molecule has 1 aliphatic heterocycles. The Kier molecular flexibility index (Phi) is 5.98. The van der Waals surface area contributed by atoms with Gasteiger partial charge in [0.1, 0.15) is 17.6 Å². The lowest BCUT2D eigenvalue weighted by molar-refractivity contribution is -0.0555. The van der Waals surface area contributed by atoms with Crippen molar-refractivity contribution in [3.8, 4) is 0 Å². The van der Waals surface area contributed by atoms with E-state index in [0.29, 0.717) is 25.3 Å². The van der Waals surface area contributed by atoms with Crippen molar-refractivity contribution in [2.45, 2.75) is 25.6 Å². The van der Waals surface area contributed by atoms with Gasteiger partial charge in [-0.2, -0.15) is 5.10 Å². The predicted molar refractivity (Wildman–Crippen MR) is 96.0 cm³/mol. The van der Waals surface area contributed by atoms with Gasteiger partial charge in [0.15, 0.2) is 0 Å². The molecule has 0 unspecified atom stereocenters. The first kappa shape index (κ1) is 19.2. The van der Waals surface area contributed by atoms with Crippen LogP contribution in [0.25, 0.3) is 0 Å². The number of morpholine rings is 1. The molecule has 144 valence electrons. The van der Waals surface area contributed by atoms with Gasteiger partial charge in [-0.05, 0) is 30.7 Å². The number of carbonyl (C=O) groups is 1. The first-order valence-corrected chi connectivity index (χ1v) is 8.76. The summed E-state index contributed by atoms with van der Waals surface area (Å²) in [6.45, 7) is 3.17. The van der Waals surface area contributed by atoms with Gasteiger partial charge in [-0.1, -0.05) is 12.1 Å². The highest BCUT2D eigenvalue weighted by atomic mass is 19.1. The molecule has 1 amide bonds. The van der Waals surface area contributed by atoms with Crippen LogP contribution in [0.1, 0.15) is 29.1 Å². The number of rotatable bonds is 5. The number of benzene rings is 1. The second-order valence-electron chi connectivity index (χ2n) is 6.36. The summed E-state index contributed by atoms with van der Waals surface area (Å²) >= 11 is 0. The molecule has 7 nitrogen and oxygen atoms in total. The van der Waals surface area contributed by atoms with Crippen LogP contribution in [0.3, 0.4) is 0 Å². The summed E-state index contributed by atoms with van der Waals surface area (Å²) in [5.74, 6) is -0.642. The third-order valence-corrected chi connectivity index (χ3v) is 4.59. The molecule has 3 rings (SSSR count). The zero-order valence-electron chi connectivity index (χ0n) is 15.3. The van der Waals surface area contributed by atoms with Crippen molar-refractivity contribution in [3.05, 3.63) is 63.8 Å². The molecule has 1 saturated heterocycles. The molecule has 1 aliphatic rings. The van der Waals surface area contributed by atoms with Gasteiger partial charge in [0.2, 0.25) is 0 Å². The minimum atomic E-state index is -0.433. The Morgan fingerprint density at radius 1 is 1.37 bits per heavy atom. The Labute approximate surface area is 156 Å². The van der Waals surface area contributed by atoms with Crippen LogP contribution in [0.4, 0.5) is 4.39 Å². The maximum atomic E-state index is 13.6. The second-order valence-corrected chi connectivity index (χ2v) is 6.36. The number of carbonyl (C=O) groups excluding carboxylic acids is 1. The van der Waals surface area contributed by atoms with E-state index in [9.17, 15) is 14.0 Å². The molecule has 0 saturated carbocycles. The second kappa shape index (κ2) is 8.41. The van der Waals surface area contributed by atoms with Crippen LogP contribution in [0, 0.1) is 5.82 Å². The molecule has 1 aromatic heterocycles. The maximum absolute atomic E-state index is 13.6. The van der Waals surface area contributed by atoms with Crippen molar-refractivity contribution in [1.29, 1.82) is 0 Å². The third-order valence-electron chi connectivity index (χ3n) is 4.59. The van der Waals surface area contributed by atoms with Gasteiger partial charge in [0.05, 0.1) is 25.8 Å². The fourth-order valence-corrected chi connectivity index (χ4v) is 3.18. The van der Waals surface area contributed by atoms with Crippen LogP contribution < -0.4 is 5.56 Å². The molecule has 0 aliphatic carbocycles. The molecular weight excluding hydrogens is 353 g/mol. The van der Waals surface area contributed by atoms with E-state index in [1.807, 2.05) is 6.92 Å². The monoisotopic (exact) mass is 375 g/mol. The van der Waals surface area contributed by atoms with Gasteiger partial charge < -0.3 is 14.4 Å². The van der Waals surface area contributed by atoms with Gasteiger partial charge in [-0.25, -0.2) is 9.07 Å². The highest BCUT2D eigenvalue weighted by molar-refractivity contribution is 5.92. The summed E-state index contributed by atoms with van der Waals surface area (Å²) in [6, 6.07) is 8.62. The molecule has 0 bridgehead atoms. The third kappa shape index (κ3) is 4.23. The molecule has 2 heterocycles. The van der Waals surface area contributed by atoms with Crippen LogP contribution >= 0.6 is 0 Å². The lowest BCUT2D eigenvalue weighted by Crippen LogP contribution is -2.49. The first-order valence-electron chi connectivity index (χ1n) is 8.76. The van der Waals surface area contributed by atoms with Gasteiger partial charge >= 0.3 is 0 Å². The van der Waals surface area contributed by atoms with Crippen LogP contribution in [0.5, 0.6) is 0 Å². The van der Waals surface area contributed by atoms with Crippen LogP contribution in [-0.4, -0.2) is 53.5 Å². The van der Waals surface area contributed by atoms with Crippen LogP contribution in [0.2, 0.25) is 0 Å². The number of hydrogen-bond acceptors (Lipinski definition) is 5. The number of methoxy groups -OCH3 is 1. The van der Waals surface area contributed by atoms with Gasteiger partial charge in [-0.3, -0.25) is 9.59 Å². The quantitative estimate of drug-likeness (QED) is 0.794. The summed E-state index contributed by atoms with van der Waals surface area (Å²) in [4.78, 5) is 26.5. The van der Waals surface area contributed by atoms with E-state index < -0.39 is 6.10 Å². The number of nitrogens with zero attached hydrogens (tertiary/aromatic N) is 3. The zero-order chi connectivity index (χ0) is 19.4. The molecule has 27 heavy (non-hydrogen) atoms. The molecule has 1 fully saturated rings. The summed E-state index contributed by atoms with van der Waals surface area (Å²) in [5.41, 5.74) is 0.562. The van der Waals surface area contributed by atoms with E-state index in [1.54, 1.807) is 17.0 Å². The lowest BCUT2D eigenvalue weighted by atomic mass is 10.00. The van der Waals surface area contributed by atoms with Crippen LogP contribution in [0.15, 0.2) is 41.2 Å². The van der Waals surface area contributed by atoms with E-state index in [1.165, 1.54) is 36.1 Å². The summed E-state index contributed by atoms with van der Waals surface area (Å²) in [6.07, 6.45) is -0.433.